The number of aliphatic imine (C=N–C) groups is 1. The van der Waals surface area contributed by atoms with Crippen LogP contribution < -0.4 is 11.1 Å². The highest BCUT2D eigenvalue weighted by Crippen LogP contribution is 2.53. The fraction of sp³-hybridized carbons (Fsp3) is 0.923. The fourth-order valence-electron chi connectivity index (χ4n) is 3.17. The third kappa shape index (κ3) is 2.99. The summed E-state index contributed by atoms with van der Waals surface area (Å²) in [6.45, 7) is 2.79. The quantitative estimate of drug-likeness (QED) is 0.617. The van der Waals surface area contributed by atoms with Crippen molar-refractivity contribution in [3.05, 3.63) is 0 Å². The largest absolute Gasteiger partial charge is 0.381 e. The second-order valence-electron chi connectivity index (χ2n) is 5.85. The van der Waals surface area contributed by atoms with Crippen LogP contribution in [0.3, 0.4) is 0 Å². The van der Waals surface area contributed by atoms with Crippen molar-refractivity contribution >= 4 is 22.9 Å². The van der Waals surface area contributed by atoms with Crippen molar-refractivity contribution in [3.8, 4) is 0 Å². The van der Waals surface area contributed by atoms with E-state index >= 15 is 0 Å². The van der Waals surface area contributed by atoms with Crippen molar-refractivity contribution in [1.82, 2.24) is 5.32 Å². The van der Waals surface area contributed by atoms with Gasteiger partial charge < -0.3 is 15.8 Å². The molecule has 3 N–H and O–H groups in total. The van der Waals surface area contributed by atoms with E-state index in [1.807, 2.05) is 0 Å². The smallest absolute Gasteiger partial charge is 0.188 e. The van der Waals surface area contributed by atoms with E-state index in [9.17, 15) is 0 Å². The molecular weight excluding hydrogens is 294 g/mol. The van der Waals surface area contributed by atoms with Crippen LogP contribution >= 0.6 is 17.0 Å². The Labute approximate surface area is 120 Å². The van der Waals surface area contributed by atoms with Crippen LogP contribution in [0.2, 0.25) is 0 Å². The monoisotopic (exact) mass is 317 g/mol. The maximum atomic E-state index is 5.87. The summed E-state index contributed by atoms with van der Waals surface area (Å²) in [4.78, 5) is 4.52. The van der Waals surface area contributed by atoms with Crippen molar-refractivity contribution in [1.29, 1.82) is 0 Å². The molecule has 4 nitrogen and oxygen atoms in total. The minimum Gasteiger partial charge on any atom is -0.381 e. The van der Waals surface area contributed by atoms with Crippen LogP contribution in [0.15, 0.2) is 4.99 Å². The van der Waals surface area contributed by atoms with Gasteiger partial charge in [-0.25, -0.2) is 0 Å². The maximum Gasteiger partial charge on any atom is 0.188 e. The summed E-state index contributed by atoms with van der Waals surface area (Å²) in [6.07, 6.45) is 7.64. The predicted octanol–water partition coefficient (Wildman–Crippen LogP) is 1.84. The van der Waals surface area contributed by atoms with Crippen molar-refractivity contribution in [2.75, 3.05) is 19.8 Å². The molecule has 18 heavy (non-hydrogen) atoms. The third-order valence-electron chi connectivity index (χ3n) is 4.76. The molecule has 0 aromatic heterocycles. The summed E-state index contributed by atoms with van der Waals surface area (Å²) in [5.74, 6) is 1.40. The molecule has 5 heteroatoms. The number of nitrogens with two attached hydrogens (primary N) is 1. The average molecular weight is 318 g/mol. The molecule has 2 aliphatic carbocycles. The minimum atomic E-state index is 0. The lowest BCUT2D eigenvalue weighted by Crippen LogP contribution is -2.46. The van der Waals surface area contributed by atoms with Gasteiger partial charge in [0, 0.05) is 25.8 Å². The van der Waals surface area contributed by atoms with Crippen LogP contribution in [-0.4, -0.2) is 31.8 Å². The molecule has 0 aromatic carbocycles. The van der Waals surface area contributed by atoms with Crippen molar-refractivity contribution in [3.63, 3.8) is 0 Å². The lowest BCUT2D eigenvalue weighted by molar-refractivity contribution is -0.0717. The molecule has 1 spiro atoms. The first-order valence-corrected chi connectivity index (χ1v) is 6.93. The number of halogens is 1. The summed E-state index contributed by atoms with van der Waals surface area (Å²) in [7, 11) is 0. The van der Waals surface area contributed by atoms with Crippen LogP contribution in [0, 0.1) is 11.3 Å². The van der Waals surface area contributed by atoms with Gasteiger partial charge in [0.2, 0.25) is 0 Å². The molecule has 1 atom stereocenters. The van der Waals surface area contributed by atoms with Crippen LogP contribution in [0.4, 0.5) is 0 Å². The zero-order valence-electron chi connectivity index (χ0n) is 10.9. The van der Waals surface area contributed by atoms with E-state index in [0.717, 1.165) is 25.7 Å². The molecule has 3 fully saturated rings. The van der Waals surface area contributed by atoms with Gasteiger partial charge in [0.1, 0.15) is 0 Å². The molecule has 0 radical (unpaired) electrons. The third-order valence-corrected chi connectivity index (χ3v) is 4.76. The van der Waals surface area contributed by atoms with Crippen LogP contribution in [0.5, 0.6) is 0 Å². The number of hydrogen-bond donors (Lipinski definition) is 2. The van der Waals surface area contributed by atoms with Gasteiger partial charge in [-0.15, -0.1) is 17.0 Å². The highest BCUT2D eigenvalue weighted by Gasteiger charge is 2.46. The lowest BCUT2D eigenvalue weighted by Gasteiger charge is -2.51. The molecule has 1 heterocycles. The second kappa shape index (κ2) is 5.78. The van der Waals surface area contributed by atoms with Gasteiger partial charge in [0.15, 0.2) is 5.96 Å². The van der Waals surface area contributed by atoms with Crippen LogP contribution in [0.1, 0.15) is 38.5 Å². The van der Waals surface area contributed by atoms with Gasteiger partial charge in [-0.2, -0.15) is 0 Å². The molecule has 2 saturated carbocycles. The normalized spacial score (nSPS) is 30.4. The highest BCUT2D eigenvalue weighted by molar-refractivity contribution is 8.93. The van der Waals surface area contributed by atoms with E-state index in [0.29, 0.717) is 17.4 Å². The highest BCUT2D eigenvalue weighted by atomic mass is 79.9. The Morgan fingerprint density at radius 2 is 1.94 bits per heavy atom. The molecule has 3 rings (SSSR count). The Morgan fingerprint density at radius 1 is 1.22 bits per heavy atom. The average Bonchev–Trinajstić information content (AvgIpc) is 3.13. The minimum absolute atomic E-state index is 0. The molecular formula is C13H24BrN3O. The van der Waals surface area contributed by atoms with Gasteiger partial charge in [-0.1, -0.05) is 0 Å². The molecule has 0 bridgehead atoms. The SMILES string of the molecule is Br.NC(=NCC1CCC12CCOCC2)NC1CC1. The number of nitrogens with zero attached hydrogens (tertiary/aromatic N) is 1. The maximum absolute atomic E-state index is 5.87. The van der Waals surface area contributed by atoms with E-state index in [-0.39, 0.29) is 17.0 Å². The Balaban J connectivity index is 0.00000120. The fourth-order valence-corrected chi connectivity index (χ4v) is 3.17. The van der Waals surface area contributed by atoms with Crippen LogP contribution in [0.25, 0.3) is 0 Å². The molecule has 1 unspecified atom stereocenters. The summed E-state index contributed by atoms with van der Waals surface area (Å²) < 4.78 is 5.46. The topological polar surface area (TPSA) is 59.6 Å². The van der Waals surface area contributed by atoms with Crippen molar-refractivity contribution in [2.45, 2.75) is 44.6 Å². The first-order chi connectivity index (χ1) is 8.28. The molecule has 1 saturated heterocycles. The van der Waals surface area contributed by atoms with Gasteiger partial charge in [0.25, 0.3) is 0 Å². The predicted molar refractivity (Wildman–Crippen MR) is 78.2 cm³/mol. The van der Waals surface area contributed by atoms with E-state index in [1.165, 1.54) is 38.5 Å². The number of nitrogens with one attached hydrogen (secondary N) is 1. The Kier molecular flexibility index (Phi) is 4.54. The van der Waals surface area contributed by atoms with Gasteiger partial charge in [-0.05, 0) is 49.9 Å². The van der Waals surface area contributed by atoms with Gasteiger partial charge in [0.05, 0.1) is 0 Å². The first-order valence-electron chi connectivity index (χ1n) is 6.93. The Bertz CT molecular complexity index is 311. The zero-order chi connectivity index (χ0) is 11.7. The Hall–Kier alpha value is -0.290. The molecule has 0 amide bonds. The number of ether oxygens (including phenoxy) is 1. The molecule has 3 aliphatic rings. The lowest BCUT2D eigenvalue weighted by atomic mass is 9.56. The van der Waals surface area contributed by atoms with E-state index in [2.05, 4.69) is 10.3 Å². The molecule has 1 aliphatic heterocycles. The van der Waals surface area contributed by atoms with Crippen molar-refractivity contribution < 1.29 is 4.74 Å². The van der Waals surface area contributed by atoms with E-state index in [1.54, 1.807) is 0 Å². The standard InChI is InChI=1S/C13H23N3O.BrH/c14-12(16-11-1-2-11)15-9-10-3-4-13(10)5-7-17-8-6-13;/h10-11H,1-9H2,(H3,14,15,16);1H. The summed E-state index contributed by atoms with van der Waals surface area (Å²) in [5.41, 5.74) is 6.42. The van der Waals surface area contributed by atoms with Gasteiger partial charge >= 0.3 is 0 Å². The van der Waals surface area contributed by atoms with Crippen molar-refractivity contribution in [2.24, 2.45) is 22.1 Å². The molecule has 0 aromatic rings. The van der Waals surface area contributed by atoms with Crippen LogP contribution in [-0.2, 0) is 4.74 Å². The number of rotatable bonds is 3. The number of hydrogen-bond acceptors (Lipinski definition) is 2. The summed E-state index contributed by atoms with van der Waals surface area (Å²) in [6, 6.07) is 0.609. The number of guanidine groups is 1. The van der Waals surface area contributed by atoms with E-state index in [4.69, 9.17) is 10.5 Å². The van der Waals surface area contributed by atoms with E-state index < -0.39 is 0 Å². The van der Waals surface area contributed by atoms with Gasteiger partial charge in [-0.3, -0.25) is 4.99 Å². The first kappa shape index (κ1) is 14.1. The summed E-state index contributed by atoms with van der Waals surface area (Å²) in [5, 5.41) is 3.25. The summed E-state index contributed by atoms with van der Waals surface area (Å²) >= 11 is 0. The second-order valence-corrected chi connectivity index (χ2v) is 5.85. The molecule has 104 valence electrons. The Morgan fingerprint density at radius 3 is 2.50 bits per heavy atom. The zero-order valence-corrected chi connectivity index (χ0v) is 12.6.